The van der Waals surface area contributed by atoms with Crippen molar-refractivity contribution in [3.8, 4) is 0 Å². The predicted molar refractivity (Wildman–Crippen MR) is 112 cm³/mol. The minimum atomic E-state index is -1.34. The van der Waals surface area contributed by atoms with Crippen LogP contribution in [0.3, 0.4) is 0 Å². The van der Waals surface area contributed by atoms with E-state index in [2.05, 4.69) is 13.5 Å². The van der Waals surface area contributed by atoms with Gasteiger partial charge in [-0.3, -0.25) is 4.79 Å². The smallest absolute Gasteiger partial charge is 0.550 e. The van der Waals surface area contributed by atoms with Crippen LogP contribution in [0, 0.1) is 22.7 Å². The van der Waals surface area contributed by atoms with Gasteiger partial charge >= 0.3 is 41.5 Å². The van der Waals surface area contributed by atoms with Crippen LogP contribution < -0.4 is 34.7 Å². The summed E-state index contributed by atoms with van der Waals surface area (Å²) in [5.74, 6) is -2.48. The number of aliphatic hydroxyl groups is 2. The van der Waals surface area contributed by atoms with Gasteiger partial charge in [0, 0.05) is 11.4 Å². The summed E-state index contributed by atoms with van der Waals surface area (Å²) in [5, 5.41) is 31.3. The first-order chi connectivity index (χ1) is 15.0. The molecule has 8 nitrogen and oxygen atoms in total. The largest absolute Gasteiger partial charge is 1.00 e. The van der Waals surface area contributed by atoms with E-state index in [-0.39, 0.29) is 72.0 Å². The second kappa shape index (κ2) is 11.0. The molecule has 0 bridgehead atoms. The van der Waals surface area contributed by atoms with Gasteiger partial charge in [-0.05, 0) is 55.8 Å². The number of rotatable bonds is 7. The Bertz CT molecular complexity index is 823. The topological polar surface area (TPSA) is 133 Å². The first-order valence-electron chi connectivity index (χ1n) is 11.3. The summed E-state index contributed by atoms with van der Waals surface area (Å²) in [5.41, 5.74) is 0.534. The maximum Gasteiger partial charge on any atom is 1.00 e. The predicted octanol–water partition coefficient (Wildman–Crippen LogP) is -1.95. The van der Waals surface area contributed by atoms with Gasteiger partial charge in [0.05, 0.1) is 24.7 Å². The molecule has 0 spiro atoms. The second-order valence-corrected chi connectivity index (χ2v) is 9.87. The molecular weight excluding hydrogens is 439 g/mol. The van der Waals surface area contributed by atoms with Gasteiger partial charge in [-0.1, -0.05) is 32.1 Å². The standard InChI is InChI=1S/C24H34O8.Na/c1-14-4-7-18-23(2,11-10-19(26)24(18,3)13-25)16(14)6-5-15-17(12-31-22(15)30)32-21(29)9-8-20(27)28;/h5,16-19,25-26H,1,4,6-13H2,2-3H3,(H,27,28);/q;+1/p-1/b15-5+;/t16-,17?,18+,19-,23+,24?;/m1./s1. The molecule has 0 radical (unpaired) electrons. The quantitative estimate of drug-likeness (QED) is 0.189. The van der Waals surface area contributed by atoms with Crippen molar-refractivity contribution in [2.75, 3.05) is 13.2 Å². The molecule has 0 aromatic heterocycles. The van der Waals surface area contributed by atoms with Crippen molar-refractivity contribution >= 4 is 17.9 Å². The molecule has 2 aliphatic carbocycles. The molecule has 3 rings (SSSR count). The molecule has 1 heterocycles. The number of allylic oxidation sites excluding steroid dienone is 2. The van der Waals surface area contributed by atoms with Crippen LogP contribution in [0.1, 0.15) is 58.8 Å². The number of cyclic esters (lactones) is 1. The van der Waals surface area contributed by atoms with Gasteiger partial charge in [-0.25, -0.2) is 4.79 Å². The first kappa shape index (κ1) is 28.1. The third-order valence-electron chi connectivity index (χ3n) is 8.02. The van der Waals surface area contributed by atoms with Crippen LogP contribution in [0.5, 0.6) is 0 Å². The molecule has 2 saturated carbocycles. The molecule has 0 aromatic rings. The van der Waals surface area contributed by atoms with Crippen molar-refractivity contribution in [3.05, 3.63) is 23.8 Å². The number of carboxylic acids is 1. The Morgan fingerprint density at radius 3 is 2.64 bits per heavy atom. The molecule has 2 N–H and O–H groups in total. The fourth-order valence-corrected chi connectivity index (χ4v) is 6.07. The van der Waals surface area contributed by atoms with Gasteiger partial charge in [0.25, 0.3) is 0 Å². The average molecular weight is 473 g/mol. The number of aliphatic hydroxyl groups excluding tert-OH is 2. The molecule has 3 aliphatic rings. The minimum Gasteiger partial charge on any atom is -0.550 e. The molecule has 1 saturated heterocycles. The first-order valence-corrected chi connectivity index (χ1v) is 11.3. The van der Waals surface area contributed by atoms with Crippen molar-refractivity contribution in [1.29, 1.82) is 0 Å². The molecule has 2 unspecified atom stereocenters. The summed E-state index contributed by atoms with van der Waals surface area (Å²) in [6, 6.07) is 0. The maximum atomic E-state index is 12.3. The van der Waals surface area contributed by atoms with Crippen LogP contribution >= 0.6 is 0 Å². The Morgan fingerprint density at radius 2 is 2.00 bits per heavy atom. The molecule has 33 heavy (non-hydrogen) atoms. The molecule has 0 amide bonds. The van der Waals surface area contributed by atoms with E-state index in [1.165, 1.54) is 0 Å². The van der Waals surface area contributed by atoms with Crippen LogP contribution in [-0.4, -0.2) is 53.5 Å². The van der Waals surface area contributed by atoms with E-state index in [1.807, 2.05) is 6.92 Å². The molecule has 9 heteroatoms. The number of hydrogen-bond acceptors (Lipinski definition) is 8. The van der Waals surface area contributed by atoms with Crippen LogP contribution in [0.4, 0.5) is 0 Å². The van der Waals surface area contributed by atoms with Gasteiger partial charge in [0.15, 0.2) is 6.10 Å². The molecular formula is C24H33NaO8. The Labute approximate surface area is 216 Å². The van der Waals surface area contributed by atoms with E-state index >= 15 is 0 Å². The Kier molecular flexibility index (Phi) is 9.38. The monoisotopic (exact) mass is 472 g/mol. The number of aliphatic carboxylic acids is 1. The van der Waals surface area contributed by atoms with Crippen molar-refractivity contribution in [2.24, 2.45) is 22.7 Å². The number of fused-ring (bicyclic) bond motifs is 1. The maximum absolute atomic E-state index is 12.3. The van der Waals surface area contributed by atoms with Crippen molar-refractivity contribution in [1.82, 2.24) is 0 Å². The fourth-order valence-electron chi connectivity index (χ4n) is 6.07. The van der Waals surface area contributed by atoms with Crippen molar-refractivity contribution in [3.63, 3.8) is 0 Å². The van der Waals surface area contributed by atoms with E-state index in [1.54, 1.807) is 6.08 Å². The SMILES string of the molecule is C=C1CC[C@@H]2C(C)(CO)[C@H](O)CC[C@@]2(C)[C@@H]1C/C=C1/C(=O)OCC1OC(=O)CCC(=O)[O-].[Na+]. The summed E-state index contributed by atoms with van der Waals surface area (Å²) >= 11 is 0. The van der Waals surface area contributed by atoms with Crippen LogP contribution in [0.25, 0.3) is 0 Å². The number of carbonyl (C=O) groups is 3. The van der Waals surface area contributed by atoms with E-state index in [0.717, 1.165) is 24.8 Å². The normalized spacial score (nSPS) is 37.2. The van der Waals surface area contributed by atoms with Crippen molar-refractivity contribution in [2.45, 2.75) is 71.0 Å². The zero-order valence-corrected chi connectivity index (χ0v) is 21.8. The van der Waals surface area contributed by atoms with E-state index in [9.17, 15) is 29.7 Å². The second-order valence-electron chi connectivity index (χ2n) is 9.87. The summed E-state index contributed by atoms with van der Waals surface area (Å²) < 4.78 is 10.3. The summed E-state index contributed by atoms with van der Waals surface area (Å²) in [6.07, 6.45) is 3.03. The third-order valence-corrected chi connectivity index (χ3v) is 8.02. The van der Waals surface area contributed by atoms with E-state index in [0.29, 0.717) is 12.8 Å². The summed E-state index contributed by atoms with van der Waals surface area (Å²) in [7, 11) is 0. The van der Waals surface area contributed by atoms with Gasteiger partial charge in [-0.15, -0.1) is 0 Å². The molecule has 1 aliphatic heterocycles. The Balaban J connectivity index is 0.00000385. The van der Waals surface area contributed by atoms with Gasteiger partial charge in [0.1, 0.15) is 6.61 Å². The zero-order valence-electron chi connectivity index (χ0n) is 19.8. The van der Waals surface area contributed by atoms with Crippen LogP contribution in [-0.2, 0) is 23.9 Å². The number of hydrogen-bond donors (Lipinski definition) is 2. The molecule has 178 valence electrons. The third kappa shape index (κ3) is 5.56. The Hall–Kier alpha value is -1.19. The molecule has 3 fully saturated rings. The summed E-state index contributed by atoms with van der Waals surface area (Å²) in [6.45, 7) is 8.21. The minimum absolute atomic E-state index is 0. The number of carbonyl (C=O) groups excluding carboxylic acids is 3. The van der Waals surface area contributed by atoms with Gasteiger partial charge < -0.3 is 29.6 Å². The van der Waals surface area contributed by atoms with E-state index < -0.39 is 42.0 Å². The van der Waals surface area contributed by atoms with Crippen molar-refractivity contribution < 1.29 is 68.7 Å². The zero-order chi connectivity index (χ0) is 23.7. The average Bonchev–Trinajstić information content (AvgIpc) is 3.08. The summed E-state index contributed by atoms with van der Waals surface area (Å²) in [4.78, 5) is 34.7. The molecule has 6 atom stereocenters. The fraction of sp³-hybridized carbons (Fsp3) is 0.708. The number of carboxylic acid groups (broad SMARTS) is 1. The van der Waals surface area contributed by atoms with E-state index in [4.69, 9.17) is 9.47 Å². The molecule has 0 aromatic carbocycles. The van der Waals surface area contributed by atoms with Gasteiger partial charge in [-0.2, -0.15) is 0 Å². The number of ether oxygens (including phenoxy) is 2. The van der Waals surface area contributed by atoms with Gasteiger partial charge in [0.2, 0.25) is 0 Å². The number of esters is 2. The van der Waals surface area contributed by atoms with Crippen LogP contribution in [0.2, 0.25) is 0 Å². The van der Waals surface area contributed by atoms with Crippen LogP contribution in [0.15, 0.2) is 23.8 Å². The Morgan fingerprint density at radius 1 is 1.30 bits per heavy atom.